The van der Waals surface area contributed by atoms with Gasteiger partial charge in [-0.05, 0) is 0 Å². The molecular formula is C7H18N2Pb2. The van der Waals surface area contributed by atoms with Crippen molar-refractivity contribution in [2.45, 2.75) is 26.9 Å². The van der Waals surface area contributed by atoms with Crippen LogP contribution in [0.5, 0.6) is 0 Å². The molecule has 0 radical (unpaired) electrons. The van der Waals surface area contributed by atoms with Gasteiger partial charge in [-0.3, -0.25) is 0 Å². The Morgan fingerprint density at radius 3 is 1.18 bits per heavy atom. The van der Waals surface area contributed by atoms with Crippen molar-refractivity contribution in [3.63, 3.8) is 0 Å². The number of hydrogen-bond donors (Lipinski definition) is 0. The molecule has 0 spiro atoms. The molecule has 0 fully saturated rings. The second kappa shape index (κ2) is 3.95. The van der Waals surface area contributed by atoms with Crippen LogP contribution in [0.2, 0.25) is 26.9 Å². The van der Waals surface area contributed by atoms with Crippen molar-refractivity contribution in [1.82, 2.24) is 0 Å². The third-order valence-electron chi connectivity index (χ3n) is 1.52. The summed E-state index contributed by atoms with van der Waals surface area (Å²) in [6.45, 7) is 0. The van der Waals surface area contributed by atoms with E-state index in [0.29, 0.717) is 0 Å². The van der Waals surface area contributed by atoms with E-state index in [-0.39, 0.29) is 0 Å². The van der Waals surface area contributed by atoms with E-state index in [9.17, 15) is 0 Å². The van der Waals surface area contributed by atoms with Crippen LogP contribution in [0.4, 0.5) is 0 Å². The Bertz CT molecular complexity index is 175. The zero-order chi connectivity index (χ0) is 9.28. The van der Waals surface area contributed by atoms with E-state index in [1.807, 2.05) is 0 Å². The minimum atomic E-state index is -2.15. The first-order valence-corrected chi connectivity index (χ1v) is 31.1. The first-order valence-electron chi connectivity index (χ1n) is 3.92. The van der Waals surface area contributed by atoms with Crippen molar-refractivity contribution < 1.29 is 4.79 Å². The topological polar surface area (TPSA) is 36.4 Å². The van der Waals surface area contributed by atoms with Gasteiger partial charge in [0.25, 0.3) is 0 Å². The number of hydrogen-bond acceptors (Lipinski definition) is 0. The SMILES string of the molecule is [CH3][Pb]([CH3])([CH3])[C](=[N+]=[N-])[Pb]([CH3])([CH3])[CH3]. The molecule has 64 valence electrons. The predicted octanol–water partition coefficient (Wildman–Crippen LogP) is 2.41. The van der Waals surface area contributed by atoms with Crippen molar-refractivity contribution in [3.8, 4) is 0 Å². The van der Waals surface area contributed by atoms with Gasteiger partial charge in [0.1, 0.15) is 0 Å². The van der Waals surface area contributed by atoms with Gasteiger partial charge in [-0.1, -0.05) is 0 Å². The average Bonchev–Trinajstić information content (AvgIpc) is 1.56. The van der Waals surface area contributed by atoms with Crippen molar-refractivity contribution in [2.75, 3.05) is 0 Å². The van der Waals surface area contributed by atoms with E-state index in [2.05, 4.69) is 31.7 Å². The van der Waals surface area contributed by atoms with Gasteiger partial charge in [-0.2, -0.15) is 0 Å². The molecule has 0 amide bonds. The van der Waals surface area contributed by atoms with Gasteiger partial charge < -0.3 is 0 Å². The monoisotopic (exact) mass is 546 g/mol. The van der Waals surface area contributed by atoms with Crippen molar-refractivity contribution >= 4 is 43.2 Å². The zero-order valence-electron chi connectivity index (χ0n) is 8.39. The summed E-state index contributed by atoms with van der Waals surface area (Å²) in [5.41, 5.74) is 8.90. The van der Waals surface area contributed by atoms with E-state index in [1.54, 1.807) is 0 Å². The normalized spacial score (nSPS) is 12.5. The van der Waals surface area contributed by atoms with Gasteiger partial charge in [0.2, 0.25) is 0 Å². The Kier molecular flexibility index (Phi) is 4.40. The molecule has 0 heterocycles. The molecule has 0 saturated heterocycles. The van der Waals surface area contributed by atoms with E-state index >= 15 is 0 Å². The minimum absolute atomic E-state index is 1.28. The predicted molar refractivity (Wildman–Crippen MR) is 55.3 cm³/mol. The summed E-state index contributed by atoms with van der Waals surface area (Å²) in [4.78, 5) is 3.54. The van der Waals surface area contributed by atoms with Gasteiger partial charge >= 0.3 is 80.4 Å². The summed E-state index contributed by atoms with van der Waals surface area (Å²) < 4.78 is 15.2. The standard InChI is InChI=1S/CN2.6CH3.2Pb/c1-3-2;;;;;;;;/h;6*1H3;;. The van der Waals surface area contributed by atoms with Crippen LogP contribution in [-0.4, -0.2) is 48.0 Å². The van der Waals surface area contributed by atoms with Gasteiger partial charge in [0, 0.05) is 0 Å². The third kappa shape index (κ3) is 4.12. The molecule has 0 aliphatic carbocycles. The van der Waals surface area contributed by atoms with Crippen LogP contribution in [0.15, 0.2) is 0 Å². The molecule has 2 nitrogen and oxygen atoms in total. The Morgan fingerprint density at radius 2 is 1.18 bits per heavy atom. The molecule has 0 aromatic rings. The van der Waals surface area contributed by atoms with Gasteiger partial charge in [-0.15, -0.1) is 0 Å². The van der Waals surface area contributed by atoms with E-state index in [1.165, 1.54) is 0.830 Å². The van der Waals surface area contributed by atoms with E-state index in [4.69, 9.17) is 5.53 Å². The molecule has 0 unspecified atom stereocenters. The molecule has 4 heteroatoms. The fraction of sp³-hybridized carbons (Fsp3) is 0.857. The van der Waals surface area contributed by atoms with Crippen molar-refractivity contribution in [1.29, 1.82) is 0 Å². The molecule has 0 aliphatic heterocycles. The molecule has 0 saturated carbocycles. The fourth-order valence-electron chi connectivity index (χ4n) is 1.43. The maximum atomic E-state index is 8.90. The zero-order valence-corrected chi connectivity index (χ0v) is 16.2. The molecule has 0 aromatic carbocycles. The van der Waals surface area contributed by atoms with Crippen LogP contribution in [0, 0.1) is 0 Å². The summed E-state index contributed by atoms with van der Waals surface area (Å²) >= 11 is -4.29. The molecule has 0 N–H and O–H groups in total. The number of nitrogens with zero attached hydrogens (tertiary/aromatic N) is 2. The second-order valence-electron chi connectivity index (χ2n) is 4.95. The summed E-state index contributed by atoms with van der Waals surface area (Å²) in [5.74, 6) is 0. The molecular weight excluding hydrogens is 526 g/mol. The van der Waals surface area contributed by atoms with Crippen LogP contribution in [0.3, 0.4) is 0 Å². The van der Waals surface area contributed by atoms with Crippen molar-refractivity contribution in [3.05, 3.63) is 5.53 Å². The van der Waals surface area contributed by atoms with Gasteiger partial charge in [0.15, 0.2) is 0 Å². The molecule has 11 heavy (non-hydrogen) atoms. The Hall–Kier alpha value is 1.22. The summed E-state index contributed by atoms with van der Waals surface area (Å²) in [6, 6.07) is 0. The van der Waals surface area contributed by atoms with E-state index < -0.39 is 42.3 Å². The molecule has 0 aliphatic rings. The van der Waals surface area contributed by atoms with Crippen LogP contribution >= 0.6 is 0 Å². The quantitative estimate of drug-likeness (QED) is 0.222. The van der Waals surface area contributed by atoms with Crippen LogP contribution in [-0.2, 0) is 0 Å². The Labute approximate surface area is 79.3 Å². The van der Waals surface area contributed by atoms with Crippen molar-refractivity contribution in [2.24, 2.45) is 0 Å². The summed E-state index contributed by atoms with van der Waals surface area (Å²) in [6.07, 6.45) is 0. The Morgan fingerprint density at radius 1 is 0.909 bits per heavy atom. The first kappa shape index (κ1) is 12.2. The van der Waals surface area contributed by atoms with Crippen LogP contribution in [0.25, 0.3) is 5.53 Å². The summed E-state index contributed by atoms with van der Waals surface area (Å²) in [7, 11) is 0. The van der Waals surface area contributed by atoms with Gasteiger partial charge in [0.05, 0.1) is 0 Å². The summed E-state index contributed by atoms with van der Waals surface area (Å²) in [5, 5.41) is 0. The van der Waals surface area contributed by atoms with E-state index in [0.717, 1.165) is 0 Å². The second-order valence-corrected chi connectivity index (χ2v) is 51.2. The van der Waals surface area contributed by atoms with Crippen LogP contribution < -0.4 is 0 Å². The maximum absolute atomic E-state index is 8.90. The molecule has 0 bridgehead atoms. The average molecular weight is 545 g/mol. The van der Waals surface area contributed by atoms with Crippen LogP contribution in [0.1, 0.15) is 0 Å². The molecule has 0 rings (SSSR count). The number of rotatable bonds is 2. The molecule has 0 aromatic heterocycles. The fourth-order valence-corrected chi connectivity index (χ4v) is 89.3. The van der Waals surface area contributed by atoms with Gasteiger partial charge in [-0.25, -0.2) is 0 Å². The molecule has 0 atom stereocenters. The Balaban J connectivity index is 4.90. The first-order chi connectivity index (χ1) is 4.69. The third-order valence-corrected chi connectivity index (χ3v) is 64.5.